The number of H-pyrrole nitrogens is 1. The number of hydrogen-bond acceptors (Lipinski definition) is 5. The lowest BCUT2D eigenvalue weighted by atomic mass is 10.0. The van der Waals surface area contributed by atoms with Crippen LogP contribution >= 0.6 is 11.8 Å². The highest BCUT2D eigenvalue weighted by Crippen LogP contribution is 2.37. The van der Waals surface area contributed by atoms with Crippen LogP contribution in [0.1, 0.15) is 5.56 Å². The van der Waals surface area contributed by atoms with Crippen LogP contribution in [0, 0.1) is 0 Å². The number of rotatable bonds is 6. The fourth-order valence-electron chi connectivity index (χ4n) is 3.56. The molecular formula is C25H18N2O4S. The number of hydrogen-bond donors (Lipinski definition) is 2. The molecule has 5 rings (SSSR count). The molecule has 0 spiro atoms. The molecular weight excluding hydrogens is 424 g/mol. The van der Waals surface area contributed by atoms with Gasteiger partial charge in [-0.3, -0.25) is 0 Å². The summed E-state index contributed by atoms with van der Waals surface area (Å²) in [6.45, 7) is 0. The molecule has 2 aromatic heterocycles. The average molecular weight is 442 g/mol. The van der Waals surface area contributed by atoms with Crippen molar-refractivity contribution in [2.75, 3.05) is 7.11 Å². The highest BCUT2D eigenvalue weighted by atomic mass is 32.2. The van der Waals surface area contributed by atoms with E-state index in [1.165, 1.54) is 0 Å². The molecule has 0 atom stereocenters. The molecule has 0 bridgehead atoms. The molecule has 0 radical (unpaired) electrons. The predicted molar refractivity (Wildman–Crippen MR) is 126 cm³/mol. The molecule has 0 unspecified atom stereocenters. The first-order valence-corrected chi connectivity index (χ1v) is 10.7. The molecule has 3 aromatic carbocycles. The Hall–Kier alpha value is -3.97. The van der Waals surface area contributed by atoms with Gasteiger partial charge in [0.1, 0.15) is 16.2 Å². The molecule has 0 aliphatic carbocycles. The number of carboxylic acids is 1. The molecule has 2 heterocycles. The first-order valence-electron chi connectivity index (χ1n) is 9.86. The summed E-state index contributed by atoms with van der Waals surface area (Å²) in [6.07, 6.45) is 1.66. The molecule has 0 saturated carbocycles. The van der Waals surface area contributed by atoms with Crippen molar-refractivity contribution in [3.05, 3.63) is 83.3 Å². The van der Waals surface area contributed by atoms with Gasteiger partial charge < -0.3 is 19.2 Å². The van der Waals surface area contributed by atoms with Crippen molar-refractivity contribution < 1.29 is 19.1 Å². The quantitative estimate of drug-likeness (QED) is 0.240. The number of ether oxygens (including phenoxy) is 1. The van der Waals surface area contributed by atoms with Crippen molar-refractivity contribution in [1.82, 2.24) is 9.97 Å². The van der Waals surface area contributed by atoms with E-state index in [-0.39, 0.29) is 10.1 Å². The van der Waals surface area contributed by atoms with E-state index in [9.17, 15) is 9.90 Å². The standard InChI is InChI=1S/C25H18N2O4S/c1-30-16-11-12-19-17(13-16)18(23(26-19)15-7-3-2-4-8-15)14-22(24(28)29)32-25-27-20-9-5-6-10-21(20)31-25/h2-14,26H,1H3,(H,28,29)/b22-14-. The Labute approximate surface area is 187 Å². The van der Waals surface area contributed by atoms with Gasteiger partial charge in [-0.1, -0.05) is 42.5 Å². The van der Waals surface area contributed by atoms with E-state index in [2.05, 4.69) is 9.97 Å². The number of aliphatic carboxylic acids is 1. The molecule has 7 heteroatoms. The van der Waals surface area contributed by atoms with E-state index < -0.39 is 5.97 Å². The van der Waals surface area contributed by atoms with Crippen LogP contribution in [0.15, 0.2) is 87.3 Å². The Morgan fingerprint density at radius 2 is 1.88 bits per heavy atom. The third-order valence-corrected chi connectivity index (χ3v) is 5.93. The van der Waals surface area contributed by atoms with Gasteiger partial charge in [0, 0.05) is 16.5 Å². The Bertz CT molecular complexity index is 1430. The number of aromatic nitrogens is 2. The molecule has 6 nitrogen and oxygen atoms in total. The van der Waals surface area contributed by atoms with Crippen LogP contribution in [-0.2, 0) is 4.79 Å². The largest absolute Gasteiger partial charge is 0.497 e. The zero-order chi connectivity index (χ0) is 22.1. The third-order valence-electron chi connectivity index (χ3n) is 5.07. The summed E-state index contributed by atoms with van der Waals surface area (Å²) in [5.74, 6) is -0.372. The van der Waals surface area contributed by atoms with Crippen LogP contribution in [-0.4, -0.2) is 28.2 Å². The van der Waals surface area contributed by atoms with Crippen molar-refractivity contribution in [1.29, 1.82) is 0 Å². The average Bonchev–Trinajstić information content (AvgIpc) is 3.39. The van der Waals surface area contributed by atoms with Gasteiger partial charge in [0.15, 0.2) is 5.58 Å². The van der Waals surface area contributed by atoms with Crippen molar-refractivity contribution >= 4 is 45.8 Å². The monoisotopic (exact) mass is 442 g/mol. The number of aromatic amines is 1. The van der Waals surface area contributed by atoms with Crippen LogP contribution < -0.4 is 4.74 Å². The minimum atomic E-state index is -1.06. The lowest BCUT2D eigenvalue weighted by Crippen LogP contribution is -1.97. The van der Waals surface area contributed by atoms with Gasteiger partial charge >= 0.3 is 5.97 Å². The van der Waals surface area contributed by atoms with Crippen LogP contribution in [0.2, 0.25) is 0 Å². The second-order valence-corrected chi connectivity index (χ2v) is 8.05. The lowest BCUT2D eigenvalue weighted by Gasteiger charge is -2.04. The first kappa shape index (κ1) is 20.0. The molecule has 158 valence electrons. The summed E-state index contributed by atoms with van der Waals surface area (Å²) < 4.78 is 11.1. The predicted octanol–water partition coefficient (Wildman–Crippen LogP) is 6.20. The van der Waals surface area contributed by atoms with Crippen molar-refractivity contribution in [2.45, 2.75) is 5.22 Å². The summed E-state index contributed by atoms with van der Waals surface area (Å²) in [4.78, 5) is 20.1. The molecule has 32 heavy (non-hydrogen) atoms. The third kappa shape index (κ3) is 3.74. The Morgan fingerprint density at radius 1 is 1.09 bits per heavy atom. The number of para-hydroxylation sites is 2. The second-order valence-electron chi connectivity index (χ2n) is 7.05. The zero-order valence-corrected chi connectivity index (χ0v) is 17.8. The van der Waals surface area contributed by atoms with Gasteiger partial charge in [-0.15, -0.1) is 0 Å². The summed E-state index contributed by atoms with van der Waals surface area (Å²) in [6, 6.07) is 22.8. The minimum Gasteiger partial charge on any atom is -0.497 e. The summed E-state index contributed by atoms with van der Waals surface area (Å²) in [5, 5.41) is 11.1. The highest BCUT2D eigenvalue weighted by Gasteiger charge is 2.19. The Kier molecular flexibility index (Phi) is 5.17. The molecule has 0 saturated heterocycles. The fraction of sp³-hybridized carbons (Fsp3) is 0.0400. The maximum atomic E-state index is 12.2. The van der Waals surface area contributed by atoms with Gasteiger partial charge in [-0.05, 0) is 53.7 Å². The molecule has 0 amide bonds. The number of fused-ring (bicyclic) bond motifs is 2. The summed E-state index contributed by atoms with van der Waals surface area (Å²) >= 11 is 0.982. The maximum Gasteiger partial charge on any atom is 0.342 e. The van der Waals surface area contributed by atoms with Gasteiger partial charge in [-0.2, -0.15) is 0 Å². The van der Waals surface area contributed by atoms with Crippen molar-refractivity contribution in [2.24, 2.45) is 0 Å². The molecule has 0 aliphatic heterocycles. The van der Waals surface area contributed by atoms with Crippen molar-refractivity contribution in [3.8, 4) is 17.0 Å². The van der Waals surface area contributed by atoms with Crippen LogP contribution in [0.4, 0.5) is 0 Å². The number of oxazole rings is 1. The van der Waals surface area contributed by atoms with Gasteiger partial charge in [0.25, 0.3) is 5.22 Å². The van der Waals surface area contributed by atoms with E-state index >= 15 is 0 Å². The normalized spacial score (nSPS) is 11.8. The zero-order valence-electron chi connectivity index (χ0n) is 17.0. The maximum absolute atomic E-state index is 12.2. The number of nitrogens with zero attached hydrogens (tertiary/aromatic N) is 1. The Balaban J connectivity index is 1.67. The van der Waals surface area contributed by atoms with Crippen molar-refractivity contribution in [3.63, 3.8) is 0 Å². The van der Waals surface area contributed by atoms with Crippen LogP contribution in [0.3, 0.4) is 0 Å². The second kappa shape index (κ2) is 8.28. The van der Waals surface area contributed by atoms with E-state index in [4.69, 9.17) is 9.15 Å². The summed E-state index contributed by atoms with van der Waals surface area (Å²) in [7, 11) is 1.60. The number of thioether (sulfide) groups is 1. The topological polar surface area (TPSA) is 88.4 Å². The van der Waals surface area contributed by atoms with Gasteiger partial charge in [0.05, 0.1) is 12.8 Å². The van der Waals surface area contributed by atoms with Crippen LogP contribution in [0.25, 0.3) is 39.3 Å². The molecule has 5 aromatic rings. The van der Waals surface area contributed by atoms with Gasteiger partial charge in [-0.25, -0.2) is 9.78 Å². The smallest absolute Gasteiger partial charge is 0.342 e. The number of nitrogens with one attached hydrogen (secondary N) is 1. The molecule has 0 aliphatic rings. The summed E-state index contributed by atoms with van der Waals surface area (Å²) in [5.41, 5.74) is 4.71. The van der Waals surface area contributed by atoms with E-state index in [0.29, 0.717) is 16.8 Å². The lowest BCUT2D eigenvalue weighted by molar-refractivity contribution is -0.131. The first-order chi connectivity index (χ1) is 15.6. The molecule has 0 fully saturated rings. The number of carboxylic acid groups (broad SMARTS) is 1. The Morgan fingerprint density at radius 3 is 2.62 bits per heavy atom. The fourth-order valence-corrected chi connectivity index (χ4v) is 4.28. The number of benzene rings is 3. The number of carbonyl (C=O) groups is 1. The van der Waals surface area contributed by atoms with Gasteiger partial charge in [0.2, 0.25) is 0 Å². The molecule has 2 N–H and O–H groups in total. The van der Waals surface area contributed by atoms with Crippen LogP contribution in [0.5, 0.6) is 5.75 Å². The van der Waals surface area contributed by atoms with E-state index in [0.717, 1.165) is 39.5 Å². The highest BCUT2D eigenvalue weighted by molar-refractivity contribution is 8.03. The SMILES string of the molecule is COc1ccc2[nH]c(-c3ccccc3)c(/C=C(\Sc3nc4ccccc4o3)C(=O)O)c2c1. The minimum absolute atomic E-state index is 0.0949. The van der Waals surface area contributed by atoms with E-state index in [1.54, 1.807) is 19.3 Å². The van der Waals surface area contributed by atoms with E-state index in [1.807, 2.05) is 66.7 Å². The number of methoxy groups -OCH3 is 1.